The number of halogens is 1. The van der Waals surface area contributed by atoms with Crippen molar-refractivity contribution in [1.29, 1.82) is 0 Å². The summed E-state index contributed by atoms with van der Waals surface area (Å²) in [6.45, 7) is 1.68. The zero-order valence-electron chi connectivity index (χ0n) is 14.1. The number of carbonyl (C=O) groups excluding carboxylic acids is 1. The van der Waals surface area contributed by atoms with Crippen LogP contribution in [0.2, 0.25) is 0 Å². The third-order valence-electron chi connectivity index (χ3n) is 3.62. The molecule has 3 rings (SSSR count). The molecule has 0 unspecified atom stereocenters. The minimum absolute atomic E-state index is 0.0524. The highest BCUT2D eigenvalue weighted by molar-refractivity contribution is 9.10. The number of nitrogens with zero attached hydrogens (tertiary/aromatic N) is 2. The Morgan fingerprint density at radius 1 is 1.37 bits per heavy atom. The SMILES string of the molecule is C[C@H](Sc1nc2ccccc2c(=O)[nH]1)C(=O)N/N=C\c1cc(Br)ccc1O. The predicted octanol–water partition coefficient (Wildman–Crippen LogP) is 3.02. The molecule has 138 valence electrons. The standard InChI is InChI=1S/C18H15BrN4O3S/c1-10(16(25)23-20-9-11-8-12(19)6-7-15(11)24)27-18-21-14-5-3-2-4-13(14)17(26)22-18/h2-10,24H,1H3,(H,23,25)(H,21,22,26)/b20-9-/t10-/m0/s1. The van der Waals surface area contributed by atoms with Gasteiger partial charge in [-0.25, -0.2) is 10.4 Å². The van der Waals surface area contributed by atoms with Crippen molar-refractivity contribution in [2.24, 2.45) is 5.10 Å². The van der Waals surface area contributed by atoms with Gasteiger partial charge in [0, 0.05) is 10.0 Å². The van der Waals surface area contributed by atoms with Crippen LogP contribution in [0.4, 0.5) is 0 Å². The van der Waals surface area contributed by atoms with Gasteiger partial charge in [-0.1, -0.05) is 39.8 Å². The van der Waals surface area contributed by atoms with Crippen LogP contribution in [0.3, 0.4) is 0 Å². The molecule has 0 saturated heterocycles. The maximum atomic E-state index is 12.2. The number of phenolic OH excluding ortho intramolecular Hbond substituents is 1. The van der Waals surface area contributed by atoms with E-state index in [0.717, 1.165) is 16.2 Å². The van der Waals surface area contributed by atoms with E-state index in [1.165, 1.54) is 12.3 Å². The molecule has 0 aliphatic carbocycles. The van der Waals surface area contributed by atoms with E-state index in [1.54, 1.807) is 43.3 Å². The lowest BCUT2D eigenvalue weighted by Gasteiger charge is -2.09. The monoisotopic (exact) mass is 446 g/mol. The second-order valence-electron chi connectivity index (χ2n) is 5.59. The third kappa shape index (κ3) is 4.75. The first kappa shape index (κ1) is 19.1. The quantitative estimate of drug-likeness (QED) is 0.241. The number of nitrogens with one attached hydrogen (secondary N) is 2. The summed E-state index contributed by atoms with van der Waals surface area (Å²) in [4.78, 5) is 31.3. The number of fused-ring (bicyclic) bond motifs is 1. The van der Waals surface area contributed by atoms with Crippen LogP contribution >= 0.6 is 27.7 Å². The molecule has 0 bridgehead atoms. The number of H-pyrrole nitrogens is 1. The van der Waals surface area contributed by atoms with E-state index in [-0.39, 0.29) is 17.2 Å². The van der Waals surface area contributed by atoms with Crippen LogP contribution < -0.4 is 11.0 Å². The molecule has 0 aliphatic rings. The number of phenols is 1. The highest BCUT2D eigenvalue weighted by Crippen LogP contribution is 2.21. The molecule has 3 aromatic rings. The summed E-state index contributed by atoms with van der Waals surface area (Å²) in [5, 5.41) is 13.9. The zero-order valence-corrected chi connectivity index (χ0v) is 16.5. The van der Waals surface area contributed by atoms with E-state index < -0.39 is 5.25 Å². The number of hydrazone groups is 1. The van der Waals surface area contributed by atoms with E-state index in [2.05, 4.69) is 36.4 Å². The maximum absolute atomic E-state index is 12.2. The molecule has 0 aliphatic heterocycles. The van der Waals surface area contributed by atoms with Crippen molar-refractivity contribution in [3.63, 3.8) is 0 Å². The van der Waals surface area contributed by atoms with Gasteiger partial charge in [0.2, 0.25) is 0 Å². The molecule has 27 heavy (non-hydrogen) atoms. The molecule has 7 nitrogen and oxygen atoms in total. The molecule has 1 amide bonds. The molecule has 9 heteroatoms. The van der Waals surface area contributed by atoms with Crippen LogP contribution in [0.25, 0.3) is 10.9 Å². The summed E-state index contributed by atoms with van der Waals surface area (Å²) in [6.07, 6.45) is 1.35. The van der Waals surface area contributed by atoms with Gasteiger partial charge in [0.05, 0.1) is 22.4 Å². The van der Waals surface area contributed by atoms with Crippen molar-refractivity contribution >= 4 is 50.7 Å². The number of aromatic hydroxyl groups is 1. The molecule has 0 radical (unpaired) electrons. The molecule has 0 saturated carbocycles. The van der Waals surface area contributed by atoms with Crippen molar-refractivity contribution in [2.75, 3.05) is 0 Å². The Kier molecular flexibility index (Phi) is 5.92. The lowest BCUT2D eigenvalue weighted by Crippen LogP contribution is -2.27. The number of hydrogen-bond acceptors (Lipinski definition) is 6. The molecule has 1 atom stereocenters. The minimum Gasteiger partial charge on any atom is -0.507 e. The highest BCUT2D eigenvalue weighted by atomic mass is 79.9. The summed E-state index contributed by atoms with van der Waals surface area (Å²) in [7, 11) is 0. The lowest BCUT2D eigenvalue weighted by molar-refractivity contribution is -0.120. The van der Waals surface area contributed by atoms with Crippen molar-refractivity contribution in [3.05, 3.63) is 62.9 Å². The number of amides is 1. The third-order valence-corrected chi connectivity index (χ3v) is 5.09. The van der Waals surface area contributed by atoms with Gasteiger partial charge in [-0.05, 0) is 37.3 Å². The van der Waals surface area contributed by atoms with Crippen molar-refractivity contribution in [3.8, 4) is 5.75 Å². The predicted molar refractivity (Wildman–Crippen MR) is 109 cm³/mol. The van der Waals surface area contributed by atoms with Crippen molar-refractivity contribution < 1.29 is 9.90 Å². The number of aromatic amines is 1. The first-order valence-electron chi connectivity index (χ1n) is 7.91. The van der Waals surface area contributed by atoms with Gasteiger partial charge in [0.15, 0.2) is 5.16 Å². The van der Waals surface area contributed by atoms with Crippen molar-refractivity contribution in [2.45, 2.75) is 17.3 Å². The summed E-state index contributed by atoms with van der Waals surface area (Å²) < 4.78 is 0.781. The fourth-order valence-electron chi connectivity index (χ4n) is 2.23. The average Bonchev–Trinajstić information content (AvgIpc) is 2.64. The number of rotatable bonds is 5. The molecule has 1 heterocycles. The van der Waals surface area contributed by atoms with E-state index in [0.29, 0.717) is 21.6 Å². The smallest absolute Gasteiger partial charge is 0.259 e. The van der Waals surface area contributed by atoms with Gasteiger partial charge >= 0.3 is 0 Å². The van der Waals surface area contributed by atoms with E-state index in [9.17, 15) is 14.7 Å². The van der Waals surface area contributed by atoms with E-state index >= 15 is 0 Å². The molecule has 1 aromatic heterocycles. The first-order chi connectivity index (χ1) is 12.9. The number of hydrogen-bond donors (Lipinski definition) is 3. The number of carbonyl (C=O) groups is 1. The van der Waals surface area contributed by atoms with Gasteiger partial charge in [0.25, 0.3) is 11.5 Å². The normalized spacial score (nSPS) is 12.4. The van der Waals surface area contributed by atoms with Crippen LogP contribution in [0.1, 0.15) is 12.5 Å². The van der Waals surface area contributed by atoms with Crippen LogP contribution in [-0.2, 0) is 4.79 Å². The summed E-state index contributed by atoms with van der Waals surface area (Å²) in [6, 6.07) is 11.9. The van der Waals surface area contributed by atoms with Crippen LogP contribution in [0, 0.1) is 0 Å². The Morgan fingerprint density at radius 2 is 2.15 bits per heavy atom. The molecule has 2 aromatic carbocycles. The summed E-state index contributed by atoms with van der Waals surface area (Å²) >= 11 is 4.42. The number of aromatic nitrogens is 2. The van der Waals surface area contributed by atoms with E-state index in [1.807, 2.05) is 0 Å². The van der Waals surface area contributed by atoms with Gasteiger partial charge in [-0.3, -0.25) is 9.59 Å². The van der Waals surface area contributed by atoms with Gasteiger partial charge in [0.1, 0.15) is 5.75 Å². The first-order valence-corrected chi connectivity index (χ1v) is 9.58. The molecular weight excluding hydrogens is 432 g/mol. The Balaban J connectivity index is 1.66. The minimum atomic E-state index is -0.539. The molecule has 0 fully saturated rings. The fraction of sp³-hybridized carbons (Fsp3) is 0.111. The Labute approximate surface area is 167 Å². The fourth-order valence-corrected chi connectivity index (χ4v) is 3.40. The number of para-hydroxylation sites is 1. The largest absolute Gasteiger partial charge is 0.507 e. The van der Waals surface area contributed by atoms with Gasteiger partial charge in [-0.2, -0.15) is 5.10 Å². The summed E-state index contributed by atoms with van der Waals surface area (Å²) in [5.74, 6) is -0.307. The number of thioether (sulfide) groups is 1. The second kappa shape index (κ2) is 8.36. The molecule has 3 N–H and O–H groups in total. The number of benzene rings is 2. The zero-order chi connectivity index (χ0) is 19.4. The molecule has 0 spiro atoms. The Bertz CT molecular complexity index is 1080. The second-order valence-corrected chi connectivity index (χ2v) is 7.83. The Morgan fingerprint density at radius 3 is 2.96 bits per heavy atom. The van der Waals surface area contributed by atoms with Crippen LogP contribution in [0.15, 0.2) is 62.0 Å². The maximum Gasteiger partial charge on any atom is 0.259 e. The molecular formula is C18H15BrN4O3S. The van der Waals surface area contributed by atoms with E-state index in [4.69, 9.17) is 0 Å². The van der Waals surface area contributed by atoms with Gasteiger partial charge in [-0.15, -0.1) is 0 Å². The summed E-state index contributed by atoms with van der Waals surface area (Å²) in [5.41, 5.74) is 3.19. The highest BCUT2D eigenvalue weighted by Gasteiger charge is 2.16. The Hall–Kier alpha value is -2.65. The van der Waals surface area contributed by atoms with Crippen LogP contribution in [-0.4, -0.2) is 32.4 Å². The van der Waals surface area contributed by atoms with Crippen LogP contribution in [0.5, 0.6) is 5.75 Å². The van der Waals surface area contributed by atoms with Crippen molar-refractivity contribution in [1.82, 2.24) is 15.4 Å². The topological polar surface area (TPSA) is 107 Å². The average molecular weight is 447 g/mol. The van der Waals surface area contributed by atoms with Gasteiger partial charge < -0.3 is 10.1 Å². The lowest BCUT2D eigenvalue weighted by atomic mass is 10.2.